The number of rotatable bonds is 10. The van der Waals surface area contributed by atoms with Crippen molar-refractivity contribution in [3.63, 3.8) is 0 Å². The van der Waals surface area contributed by atoms with Gasteiger partial charge in [-0.2, -0.15) is 0 Å². The molecular formula is C29H30N6O4S. The lowest BCUT2D eigenvalue weighted by Gasteiger charge is -2.19. The Hall–Kier alpha value is -4.64. The van der Waals surface area contributed by atoms with Crippen LogP contribution < -0.4 is 15.6 Å². The molecule has 4 aromatic rings. The van der Waals surface area contributed by atoms with Crippen molar-refractivity contribution in [3.8, 4) is 22.8 Å². The Bertz CT molecular complexity index is 1510. The van der Waals surface area contributed by atoms with Crippen LogP contribution in [0.25, 0.3) is 22.8 Å². The lowest BCUT2D eigenvalue weighted by molar-refractivity contribution is -0.384. The Morgan fingerprint density at radius 2 is 1.65 bits per heavy atom. The van der Waals surface area contributed by atoms with Gasteiger partial charge in [0.1, 0.15) is 5.75 Å². The molecule has 0 atom stereocenters. The topological polar surface area (TPSA) is 124 Å². The molecule has 1 amide bonds. The van der Waals surface area contributed by atoms with Gasteiger partial charge in [-0.15, -0.1) is 10.2 Å². The smallest absolute Gasteiger partial charge is 0.269 e. The minimum absolute atomic E-state index is 0.0222. The van der Waals surface area contributed by atoms with Gasteiger partial charge in [-0.1, -0.05) is 63.4 Å². The monoisotopic (exact) mass is 558 g/mol. The predicted molar refractivity (Wildman–Crippen MR) is 156 cm³/mol. The number of amides is 1. The molecule has 2 N–H and O–H groups in total. The molecule has 1 aromatic heterocycles. The number of methoxy groups -OCH3 is 1. The zero-order valence-electron chi connectivity index (χ0n) is 22.7. The van der Waals surface area contributed by atoms with Crippen molar-refractivity contribution >= 4 is 29.1 Å². The second-order valence-corrected chi connectivity index (χ2v) is 10.9. The highest BCUT2D eigenvalue weighted by Crippen LogP contribution is 2.31. The number of non-ortho nitro benzene ring substituents is 1. The molecule has 0 aliphatic heterocycles. The molecule has 3 aromatic carbocycles. The Morgan fingerprint density at radius 1 is 1.00 bits per heavy atom. The molecule has 11 heteroatoms. The van der Waals surface area contributed by atoms with Gasteiger partial charge >= 0.3 is 0 Å². The van der Waals surface area contributed by atoms with Gasteiger partial charge < -0.3 is 4.74 Å². The van der Waals surface area contributed by atoms with Crippen LogP contribution in [0, 0.1) is 10.1 Å². The number of nitro groups is 1. The third-order valence-electron chi connectivity index (χ3n) is 6.08. The van der Waals surface area contributed by atoms with Gasteiger partial charge in [0.25, 0.3) is 5.69 Å². The number of ether oxygens (including phenoxy) is 1. The Morgan fingerprint density at radius 3 is 2.23 bits per heavy atom. The van der Waals surface area contributed by atoms with Gasteiger partial charge in [0, 0.05) is 23.4 Å². The van der Waals surface area contributed by atoms with Crippen molar-refractivity contribution in [1.82, 2.24) is 25.6 Å². The zero-order valence-corrected chi connectivity index (χ0v) is 23.5. The van der Waals surface area contributed by atoms with E-state index in [0.717, 1.165) is 17.0 Å². The second kappa shape index (κ2) is 12.0. The summed E-state index contributed by atoms with van der Waals surface area (Å²) in [6, 6.07) is 21.6. The molecule has 0 unspecified atom stereocenters. The predicted octanol–water partition coefficient (Wildman–Crippen LogP) is 5.53. The summed E-state index contributed by atoms with van der Waals surface area (Å²) in [5, 5.41) is 20.2. The van der Waals surface area contributed by atoms with Crippen LogP contribution in [-0.4, -0.2) is 38.5 Å². The third kappa shape index (κ3) is 6.67. The number of hydrazine groups is 1. The first kappa shape index (κ1) is 28.4. The van der Waals surface area contributed by atoms with E-state index in [1.54, 1.807) is 19.2 Å². The third-order valence-corrected chi connectivity index (χ3v) is 7.01. The summed E-state index contributed by atoms with van der Waals surface area (Å²) < 4.78 is 7.22. The number of nitro benzene ring substituents is 1. The van der Waals surface area contributed by atoms with E-state index in [1.807, 2.05) is 41.0 Å². The van der Waals surface area contributed by atoms with Crippen LogP contribution in [0.2, 0.25) is 0 Å². The molecule has 0 aliphatic rings. The molecule has 0 bridgehead atoms. The first-order valence-corrected chi connectivity index (χ1v) is 13.4. The number of hydrogen-bond acceptors (Lipinski definition) is 8. The van der Waals surface area contributed by atoms with Gasteiger partial charge in [-0.25, -0.2) is 0 Å². The lowest BCUT2D eigenvalue weighted by Crippen LogP contribution is -2.37. The summed E-state index contributed by atoms with van der Waals surface area (Å²) in [5.41, 5.74) is 9.30. The molecule has 40 heavy (non-hydrogen) atoms. The number of hydrogen-bond donors (Lipinski definition) is 2. The van der Waals surface area contributed by atoms with Crippen molar-refractivity contribution in [2.45, 2.75) is 31.3 Å². The molecule has 4 rings (SSSR count). The van der Waals surface area contributed by atoms with Gasteiger partial charge in [0.2, 0.25) is 5.91 Å². The van der Waals surface area contributed by atoms with Crippen molar-refractivity contribution < 1.29 is 14.5 Å². The van der Waals surface area contributed by atoms with Crippen LogP contribution in [0.5, 0.6) is 5.75 Å². The summed E-state index contributed by atoms with van der Waals surface area (Å²) in [4.78, 5) is 23.0. The van der Waals surface area contributed by atoms with Crippen molar-refractivity contribution in [2.75, 3.05) is 12.9 Å². The highest BCUT2D eigenvalue weighted by molar-refractivity contribution is 7.99. The number of aromatic nitrogens is 3. The quantitative estimate of drug-likeness (QED) is 0.148. The summed E-state index contributed by atoms with van der Waals surface area (Å²) in [7, 11) is 1.61. The molecule has 0 radical (unpaired) electrons. The molecule has 1 heterocycles. The summed E-state index contributed by atoms with van der Waals surface area (Å²) in [6.45, 7) is 10.4. The van der Waals surface area contributed by atoms with Crippen LogP contribution >= 0.6 is 11.8 Å². The zero-order chi connectivity index (χ0) is 28.9. The van der Waals surface area contributed by atoms with Crippen molar-refractivity contribution in [2.24, 2.45) is 0 Å². The maximum absolute atomic E-state index is 12.6. The fraction of sp³-hybridized carbons (Fsp3) is 0.207. The standard InChI is InChI=1S/C29H30N6O4S/c1-19(20-8-12-24(13-9-20)35(37)38)30-31-26(36)18-40-28-33-32-27(21-6-10-22(11-7-21)29(2,3)4)34(28)23-14-16-25(39-5)17-15-23/h6-17,30H,1,18H2,2-5H3,(H,31,36). The van der Waals surface area contributed by atoms with Gasteiger partial charge in [0.15, 0.2) is 11.0 Å². The molecule has 0 spiro atoms. The van der Waals surface area contributed by atoms with Crippen molar-refractivity contribution in [3.05, 3.63) is 101 Å². The average molecular weight is 559 g/mol. The number of nitrogens with one attached hydrogen (secondary N) is 2. The normalized spacial score (nSPS) is 11.1. The highest BCUT2D eigenvalue weighted by Gasteiger charge is 2.19. The Balaban J connectivity index is 1.49. The Labute approximate surface area is 236 Å². The number of benzene rings is 3. The van der Waals surface area contributed by atoms with E-state index < -0.39 is 4.92 Å². The van der Waals surface area contributed by atoms with Gasteiger partial charge in [-0.3, -0.25) is 30.3 Å². The Kier molecular flexibility index (Phi) is 8.54. The summed E-state index contributed by atoms with van der Waals surface area (Å²) >= 11 is 1.24. The van der Waals surface area contributed by atoms with E-state index in [4.69, 9.17) is 4.74 Å². The van der Waals surface area contributed by atoms with Gasteiger partial charge in [-0.05, 0) is 52.9 Å². The maximum Gasteiger partial charge on any atom is 0.269 e. The number of carbonyl (C=O) groups is 1. The molecular weight excluding hydrogens is 528 g/mol. The van der Waals surface area contributed by atoms with E-state index in [9.17, 15) is 14.9 Å². The minimum Gasteiger partial charge on any atom is -0.497 e. The minimum atomic E-state index is -0.476. The highest BCUT2D eigenvalue weighted by atomic mass is 32.2. The van der Waals surface area contributed by atoms with Crippen LogP contribution in [0.4, 0.5) is 5.69 Å². The van der Waals surface area contributed by atoms with E-state index in [-0.39, 0.29) is 22.8 Å². The maximum atomic E-state index is 12.6. The molecule has 206 valence electrons. The van der Waals surface area contributed by atoms with Crippen molar-refractivity contribution in [1.29, 1.82) is 0 Å². The average Bonchev–Trinajstić information content (AvgIpc) is 3.38. The first-order chi connectivity index (χ1) is 19.1. The molecule has 0 aliphatic carbocycles. The van der Waals surface area contributed by atoms with E-state index in [1.165, 1.54) is 29.5 Å². The van der Waals surface area contributed by atoms with Crippen LogP contribution in [0.1, 0.15) is 31.9 Å². The first-order valence-electron chi connectivity index (χ1n) is 12.4. The number of thioether (sulfide) groups is 1. The second-order valence-electron chi connectivity index (χ2n) is 9.91. The van der Waals surface area contributed by atoms with Crippen LogP contribution in [-0.2, 0) is 10.2 Å². The molecule has 10 nitrogen and oxygen atoms in total. The van der Waals surface area contributed by atoms with E-state index in [0.29, 0.717) is 22.2 Å². The van der Waals surface area contributed by atoms with Crippen LogP contribution in [0.3, 0.4) is 0 Å². The van der Waals surface area contributed by atoms with E-state index in [2.05, 4.69) is 60.5 Å². The van der Waals surface area contributed by atoms with E-state index >= 15 is 0 Å². The molecule has 0 fully saturated rings. The number of nitrogens with zero attached hydrogens (tertiary/aromatic N) is 4. The van der Waals surface area contributed by atoms with Crippen LogP contribution in [0.15, 0.2) is 84.5 Å². The summed E-state index contributed by atoms with van der Waals surface area (Å²) in [5.74, 6) is 1.12. The lowest BCUT2D eigenvalue weighted by atomic mass is 9.87. The van der Waals surface area contributed by atoms with Gasteiger partial charge in [0.05, 0.1) is 23.5 Å². The fourth-order valence-corrected chi connectivity index (χ4v) is 4.55. The fourth-order valence-electron chi connectivity index (χ4n) is 3.80. The molecule has 0 saturated heterocycles. The summed E-state index contributed by atoms with van der Waals surface area (Å²) in [6.07, 6.45) is 0. The largest absolute Gasteiger partial charge is 0.497 e. The SMILES string of the molecule is C=C(NNC(=O)CSc1nnc(-c2ccc(C(C)(C)C)cc2)n1-c1ccc(OC)cc1)c1ccc([N+](=O)[O-])cc1. The number of carbonyl (C=O) groups excluding carboxylic acids is 1. The molecule has 0 saturated carbocycles.